The van der Waals surface area contributed by atoms with Gasteiger partial charge in [-0.2, -0.15) is 0 Å². The first-order valence-electron chi connectivity index (χ1n) is 27.9. The highest BCUT2D eigenvalue weighted by atomic mass is 31.2. The molecule has 8 nitrogen and oxygen atoms in total. The van der Waals surface area contributed by atoms with E-state index in [0.717, 1.165) is 51.4 Å². The lowest BCUT2D eigenvalue weighted by atomic mass is 10.0. The van der Waals surface area contributed by atoms with Gasteiger partial charge in [0.2, 0.25) is 5.91 Å². The van der Waals surface area contributed by atoms with Crippen LogP contribution in [0.5, 0.6) is 0 Å². The number of quaternary nitrogens is 1. The van der Waals surface area contributed by atoms with Gasteiger partial charge in [-0.05, 0) is 51.4 Å². The maximum absolute atomic E-state index is 12.9. The Morgan fingerprint density at radius 2 is 0.877 bits per heavy atom. The van der Waals surface area contributed by atoms with Crippen molar-refractivity contribution in [1.29, 1.82) is 0 Å². The van der Waals surface area contributed by atoms with E-state index in [1.807, 2.05) is 27.2 Å². The second kappa shape index (κ2) is 47.8. The van der Waals surface area contributed by atoms with E-state index in [2.05, 4.69) is 43.5 Å². The summed E-state index contributed by atoms with van der Waals surface area (Å²) in [6.45, 7) is 4.82. The van der Waals surface area contributed by atoms with Crippen molar-refractivity contribution in [2.24, 2.45) is 0 Å². The number of allylic oxidation sites excluding steroid dienone is 5. The minimum atomic E-state index is -4.35. The molecule has 0 aliphatic carbocycles. The third-order valence-corrected chi connectivity index (χ3v) is 13.6. The molecule has 0 aromatic heterocycles. The number of aliphatic hydroxyl groups is 1. The molecule has 0 saturated carbocycles. The predicted molar refractivity (Wildman–Crippen MR) is 281 cm³/mol. The largest absolute Gasteiger partial charge is 0.472 e. The van der Waals surface area contributed by atoms with E-state index in [1.165, 1.54) is 193 Å². The second-order valence-corrected chi connectivity index (χ2v) is 21.8. The van der Waals surface area contributed by atoms with E-state index in [4.69, 9.17) is 9.05 Å². The Kier molecular flexibility index (Phi) is 46.8. The quantitative estimate of drug-likeness (QED) is 0.0243. The van der Waals surface area contributed by atoms with Gasteiger partial charge in [0, 0.05) is 6.42 Å². The topological polar surface area (TPSA) is 105 Å². The molecule has 0 aliphatic rings. The highest BCUT2D eigenvalue weighted by Crippen LogP contribution is 2.43. The van der Waals surface area contributed by atoms with Gasteiger partial charge in [-0.25, -0.2) is 4.57 Å². The number of phosphoric ester groups is 1. The van der Waals surface area contributed by atoms with Crippen LogP contribution in [0.1, 0.15) is 264 Å². The number of hydrogen-bond acceptors (Lipinski definition) is 5. The third kappa shape index (κ3) is 50.4. The molecular weight excluding hydrogens is 828 g/mol. The van der Waals surface area contributed by atoms with E-state index in [0.29, 0.717) is 17.4 Å². The standard InChI is InChI=1S/C56H109N2O6P/c1-6-8-10-12-14-16-18-20-22-24-26-27-28-29-30-31-32-33-35-37-39-41-43-45-47-49-55(59)54(53-64-65(61,62)63-52-51-58(3,4)5)57-56(60)50-48-46-44-42-40-38-36-34-25-23-21-19-17-15-13-11-9-7-2/h17,19,23,25,47,49,54-55,59H,6-16,18,20-22,24,26-46,48,50-53H2,1-5H3,(H-,57,60,61,62)/p+1/b19-17-,25-23-,49-47+. The minimum Gasteiger partial charge on any atom is -0.387 e. The molecule has 3 atom stereocenters. The summed E-state index contributed by atoms with van der Waals surface area (Å²) in [4.78, 5) is 23.3. The maximum Gasteiger partial charge on any atom is 0.472 e. The lowest BCUT2D eigenvalue weighted by Crippen LogP contribution is -2.45. The van der Waals surface area contributed by atoms with Gasteiger partial charge >= 0.3 is 7.82 Å². The predicted octanol–water partition coefficient (Wildman–Crippen LogP) is 16.6. The summed E-state index contributed by atoms with van der Waals surface area (Å²) in [6.07, 6.45) is 60.9. The van der Waals surface area contributed by atoms with Gasteiger partial charge in [-0.1, -0.05) is 243 Å². The van der Waals surface area contributed by atoms with Gasteiger partial charge in [0.05, 0.1) is 39.9 Å². The number of phosphoric acid groups is 1. The van der Waals surface area contributed by atoms with E-state index >= 15 is 0 Å². The zero-order valence-electron chi connectivity index (χ0n) is 43.7. The van der Waals surface area contributed by atoms with Crippen LogP contribution in [0.25, 0.3) is 0 Å². The smallest absolute Gasteiger partial charge is 0.387 e. The highest BCUT2D eigenvalue weighted by molar-refractivity contribution is 7.47. The fourth-order valence-corrected chi connectivity index (χ4v) is 8.93. The molecule has 9 heteroatoms. The number of carbonyl (C=O) groups excluding carboxylic acids is 1. The molecular formula is C56H110N2O6P+. The lowest BCUT2D eigenvalue weighted by Gasteiger charge is -2.25. The van der Waals surface area contributed by atoms with Gasteiger partial charge in [0.1, 0.15) is 13.2 Å². The summed E-state index contributed by atoms with van der Waals surface area (Å²) in [5.41, 5.74) is 0. The van der Waals surface area contributed by atoms with Crippen molar-refractivity contribution < 1.29 is 32.9 Å². The van der Waals surface area contributed by atoms with Crippen molar-refractivity contribution in [2.75, 3.05) is 40.9 Å². The molecule has 3 unspecified atom stereocenters. The Morgan fingerprint density at radius 3 is 1.28 bits per heavy atom. The van der Waals surface area contributed by atoms with Crippen molar-refractivity contribution >= 4 is 13.7 Å². The van der Waals surface area contributed by atoms with Crippen LogP contribution in [-0.2, 0) is 18.4 Å². The van der Waals surface area contributed by atoms with Crippen molar-refractivity contribution in [3.63, 3.8) is 0 Å². The van der Waals surface area contributed by atoms with Crippen LogP contribution < -0.4 is 5.32 Å². The molecule has 1 amide bonds. The SMILES string of the molecule is CCCCCC/C=C\C/C=C\CCCCCCCCCC(=O)NC(COP(=O)(O)OCC[N+](C)(C)C)C(O)/C=C/CCCCCCCCCCCCCCCCCCCCCCCCC. The number of nitrogens with one attached hydrogen (secondary N) is 1. The van der Waals surface area contributed by atoms with E-state index in [1.54, 1.807) is 6.08 Å². The molecule has 0 heterocycles. The fourth-order valence-electron chi connectivity index (χ4n) is 8.19. The summed E-state index contributed by atoms with van der Waals surface area (Å²) in [7, 11) is 1.57. The van der Waals surface area contributed by atoms with Gasteiger partial charge in [0.15, 0.2) is 0 Å². The summed E-state index contributed by atoms with van der Waals surface area (Å²) >= 11 is 0. The summed E-state index contributed by atoms with van der Waals surface area (Å²) in [5, 5.41) is 13.9. The van der Waals surface area contributed by atoms with E-state index in [-0.39, 0.29) is 19.1 Å². The highest BCUT2D eigenvalue weighted by Gasteiger charge is 2.27. The van der Waals surface area contributed by atoms with Crippen LogP contribution in [0.15, 0.2) is 36.5 Å². The van der Waals surface area contributed by atoms with Crippen LogP contribution in [0.3, 0.4) is 0 Å². The van der Waals surface area contributed by atoms with Crippen LogP contribution >= 0.6 is 7.82 Å². The van der Waals surface area contributed by atoms with Crippen LogP contribution in [0, 0.1) is 0 Å². The van der Waals surface area contributed by atoms with E-state index < -0.39 is 20.0 Å². The zero-order chi connectivity index (χ0) is 47.8. The molecule has 0 saturated heterocycles. The van der Waals surface area contributed by atoms with Crippen LogP contribution in [0.2, 0.25) is 0 Å². The van der Waals surface area contributed by atoms with Crippen molar-refractivity contribution in [2.45, 2.75) is 276 Å². The molecule has 0 aromatic rings. The molecule has 0 bridgehead atoms. The Morgan fingerprint density at radius 1 is 0.523 bits per heavy atom. The third-order valence-electron chi connectivity index (χ3n) is 12.6. The van der Waals surface area contributed by atoms with Gasteiger partial charge < -0.3 is 19.8 Å². The Labute approximate surface area is 404 Å². The van der Waals surface area contributed by atoms with Gasteiger partial charge in [-0.3, -0.25) is 13.8 Å². The normalized spacial score (nSPS) is 14.3. The molecule has 384 valence electrons. The van der Waals surface area contributed by atoms with Gasteiger partial charge in [0.25, 0.3) is 0 Å². The zero-order valence-corrected chi connectivity index (χ0v) is 44.6. The maximum atomic E-state index is 12.9. The van der Waals surface area contributed by atoms with E-state index in [9.17, 15) is 19.4 Å². The first-order valence-corrected chi connectivity index (χ1v) is 29.4. The molecule has 3 N–H and O–H groups in total. The molecule has 0 aliphatic heterocycles. The number of unbranched alkanes of at least 4 members (excludes halogenated alkanes) is 34. The molecule has 0 fully saturated rings. The summed E-state index contributed by atoms with van der Waals surface area (Å²) in [5.74, 6) is -0.183. The number of carbonyl (C=O) groups is 1. The number of likely N-dealkylation sites (N-methyl/N-ethyl adjacent to an activating group) is 1. The molecule has 0 rings (SSSR count). The second-order valence-electron chi connectivity index (χ2n) is 20.3. The fraction of sp³-hybridized carbons (Fsp3) is 0.875. The van der Waals surface area contributed by atoms with Gasteiger partial charge in [-0.15, -0.1) is 0 Å². The summed E-state index contributed by atoms with van der Waals surface area (Å²) < 4.78 is 23.7. The van der Waals surface area contributed by atoms with Crippen LogP contribution in [-0.4, -0.2) is 73.4 Å². The summed E-state index contributed by atoms with van der Waals surface area (Å²) in [6, 6.07) is -0.851. The lowest BCUT2D eigenvalue weighted by molar-refractivity contribution is -0.870. The Bertz CT molecular complexity index is 1150. The van der Waals surface area contributed by atoms with Crippen LogP contribution in [0.4, 0.5) is 0 Å². The molecule has 0 spiro atoms. The first kappa shape index (κ1) is 63.7. The number of hydrogen-bond donors (Lipinski definition) is 3. The number of nitrogens with zero attached hydrogens (tertiary/aromatic N) is 1. The number of aliphatic hydroxyl groups excluding tert-OH is 1. The average Bonchev–Trinajstić information content (AvgIpc) is 3.26. The number of rotatable bonds is 51. The first-order chi connectivity index (χ1) is 31.5. The molecule has 65 heavy (non-hydrogen) atoms. The molecule has 0 radical (unpaired) electrons. The van der Waals surface area contributed by atoms with Crippen molar-refractivity contribution in [3.05, 3.63) is 36.5 Å². The average molecular weight is 938 g/mol. The molecule has 0 aromatic carbocycles. The van der Waals surface area contributed by atoms with Crippen molar-refractivity contribution in [3.8, 4) is 0 Å². The Hall–Kier alpha value is -1.28. The minimum absolute atomic E-state index is 0.0601. The Balaban J connectivity index is 4.23. The van der Waals surface area contributed by atoms with Crippen molar-refractivity contribution in [1.82, 2.24) is 5.32 Å². The monoisotopic (exact) mass is 938 g/mol. The number of amides is 1.